The van der Waals surface area contributed by atoms with Crippen LogP contribution in [0.3, 0.4) is 0 Å². The number of carbonyl (C=O) groups excluding carboxylic acids is 2. The van der Waals surface area contributed by atoms with Crippen LogP contribution in [0.25, 0.3) is 22.4 Å². The standard InChI is InChI=1S/C28H30N4O3S/c33-24-6-2-5-22-25(28(36-26(22)24)32-13-15-35-16-14-32)20-7-8-30-23(18-20)19-3-1-4-21(17-19)27(34)31-11-9-29-10-12-31/h1,3-4,7-8,17-18,29H,2,5-6,9-16H2. The molecule has 0 saturated carbocycles. The van der Waals surface area contributed by atoms with Crippen molar-refractivity contribution in [2.24, 2.45) is 0 Å². The lowest BCUT2D eigenvalue weighted by atomic mass is 9.91. The first-order valence-corrected chi connectivity index (χ1v) is 13.6. The van der Waals surface area contributed by atoms with Gasteiger partial charge in [0.05, 0.1) is 28.8 Å². The molecule has 6 rings (SSSR count). The number of hydrogen-bond acceptors (Lipinski definition) is 7. The monoisotopic (exact) mass is 502 g/mol. The summed E-state index contributed by atoms with van der Waals surface area (Å²) in [5.74, 6) is 0.324. The van der Waals surface area contributed by atoms with Crippen molar-refractivity contribution in [2.45, 2.75) is 19.3 Å². The Hall–Kier alpha value is -3.07. The molecule has 2 aromatic heterocycles. The Morgan fingerprint density at radius 3 is 2.67 bits per heavy atom. The van der Waals surface area contributed by atoms with E-state index < -0.39 is 0 Å². The highest BCUT2D eigenvalue weighted by Gasteiger charge is 2.30. The number of benzene rings is 1. The van der Waals surface area contributed by atoms with E-state index in [9.17, 15) is 9.59 Å². The van der Waals surface area contributed by atoms with Crippen LogP contribution >= 0.6 is 11.3 Å². The number of hydrogen-bond donors (Lipinski definition) is 1. The topological polar surface area (TPSA) is 74.8 Å². The quantitative estimate of drug-likeness (QED) is 0.584. The second kappa shape index (κ2) is 10.1. The van der Waals surface area contributed by atoms with Crippen LogP contribution in [-0.2, 0) is 11.2 Å². The van der Waals surface area contributed by atoms with E-state index in [1.54, 1.807) is 11.3 Å². The van der Waals surface area contributed by atoms with Crippen LogP contribution in [0.15, 0.2) is 42.6 Å². The molecule has 4 heterocycles. The van der Waals surface area contributed by atoms with Crippen molar-refractivity contribution in [1.82, 2.24) is 15.2 Å². The van der Waals surface area contributed by atoms with Gasteiger partial charge in [-0.05, 0) is 48.2 Å². The number of Topliss-reactive ketones (excluding diaryl/α,β-unsaturated/α-hetero) is 1. The number of rotatable bonds is 4. The number of anilines is 1. The number of morpholine rings is 1. The number of thiophene rings is 1. The van der Waals surface area contributed by atoms with Gasteiger partial charge in [0.25, 0.3) is 5.91 Å². The van der Waals surface area contributed by atoms with Gasteiger partial charge in [-0.3, -0.25) is 14.6 Å². The van der Waals surface area contributed by atoms with Crippen LogP contribution in [0.2, 0.25) is 0 Å². The SMILES string of the molecule is O=C1CCCc2c1sc(N1CCOCC1)c2-c1ccnc(-c2cccc(C(=O)N3CCNCC3)c2)c1. The Balaban J connectivity index is 1.38. The van der Waals surface area contributed by atoms with Crippen molar-refractivity contribution in [1.29, 1.82) is 0 Å². The van der Waals surface area contributed by atoms with E-state index in [2.05, 4.69) is 21.3 Å². The fourth-order valence-corrected chi connectivity index (χ4v) is 6.74. The Labute approximate surface area is 215 Å². The molecule has 1 aliphatic carbocycles. The van der Waals surface area contributed by atoms with Crippen molar-refractivity contribution >= 4 is 28.0 Å². The molecule has 2 saturated heterocycles. The first-order chi connectivity index (χ1) is 17.7. The van der Waals surface area contributed by atoms with Crippen LogP contribution < -0.4 is 10.2 Å². The number of nitrogens with one attached hydrogen (secondary N) is 1. The van der Waals surface area contributed by atoms with Gasteiger partial charge in [-0.1, -0.05) is 12.1 Å². The molecular formula is C28H30N4O3S. The predicted molar refractivity (Wildman–Crippen MR) is 142 cm³/mol. The predicted octanol–water partition coefficient (Wildman–Crippen LogP) is 3.88. The molecule has 3 aliphatic rings. The molecule has 8 heteroatoms. The molecule has 1 N–H and O–H groups in total. The van der Waals surface area contributed by atoms with Gasteiger partial charge in [-0.25, -0.2) is 0 Å². The fraction of sp³-hybridized carbons (Fsp3) is 0.393. The average molecular weight is 503 g/mol. The molecule has 0 bridgehead atoms. The number of piperazine rings is 1. The molecule has 0 spiro atoms. The van der Waals surface area contributed by atoms with E-state index >= 15 is 0 Å². The zero-order chi connectivity index (χ0) is 24.5. The molecule has 0 unspecified atom stereocenters. The molecular weight excluding hydrogens is 472 g/mol. The Bertz CT molecular complexity index is 1290. The van der Waals surface area contributed by atoms with Gasteiger partial charge >= 0.3 is 0 Å². The average Bonchev–Trinajstić information content (AvgIpc) is 3.35. The Morgan fingerprint density at radius 2 is 1.83 bits per heavy atom. The summed E-state index contributed by atoms with van der Waals surface area (Å²) in [6.07, 6.45) is 4.29. The maximum atomic E-state index is 13.1. The van der Waals surface area contributed by atoms with E-state index in [1.807, 2.05) is 41.4 Å². The third kappa shape index (κ3) is 4.45. The van der Waals surface area contributed by atoms with Crippen LogP contribution in [0, 0.1) is 0 Å². The number of ether oxygens (including phenoxy) is 1. The number of carbonyl (C=O) groups is 2. The van der Waals surface area contributed by atoms with Crippen molar-refractivity contribution in [3.8, 4) is 22.4 Å². The molecule has 2 fully saturated rings. The third-order valence-corrected chi connectivity index (χ3v) is 8.56. The number of amides is 1. The second-order valence-electron chi connectivity index (χ2n) is 9.52. The van der Waals surface area contributed by atoms with Gasteiger partial charge in [0.15, 0.2) is 5.78 Å². The first kappa shape index (κ1) is 23.3. The normalized spacial score (nSPS) is 18.3. The highest BCUT2D eigenvalue weighted by atomic mass is 32.1. The van der Waals surface area contributed by atoms with Crippen molar-refractivity contribution < 1.29 is 14.3 Å². The largest absolute Gasteiger partial charge is 0.378 e. The number of ketones is 1. The van der Waals surface area contributed by atoms with E-state index in [0.717, 1.165) is 73.8 Å². The van der Waals surface area contributed by atoms with Crippen LogP contribution in [0.1, 0.15) is 38.4 Å². The van der Waals surface area contributed by atoms with Gasteiger partial charge in [0.2, 0.25) is 0 Å². The van der Waals surface area contributed by atoms with E-state index in [0.29, 0.717) is 25.2 Å². The summed E-state index contributed by atoms with van der Waals surface area (Å²) >= 11 is 1.64. The first-order valence-electron chi connectivity index (χ1n) is 12.8. The van der Waals surface area contributed by atoms with Crippen LogP contribution in [-0.4, -0.2) is 74.1 Å². The lowest BCUT2D eigenvalue weighted by Crippen LogP contribution is -2.46. The minimum Gasteiger partial charge on any atom is -0.378 e. The summed E-state index contributed by atoms with van der Waals surface area (Å²) in [4.78, 5) is 35.7. The van der Waals surface area contributed by atoms with Gasteiger partial charge in [-0.15, -0.1) is 11.3 Å². The van der Waals surface area contributed by atoms with Crippen LogP contribution in [0.4, 0.5) is 5.00 Å². The fourth-order valence-electron chi connectivity index (χ4n) is 5.35. The summed E-state index contributed by atoms with van der Waals surface area (Å²) in [5, 5.41) is 4.46. The summed E-state index contributed by atoms with van der Waals surface area (Å²) < 4.78 is 5.59. The number of aromatic nitrogens is 1. The second-order valence-corrected chi connectivity index (χ2v) is 10.5. The number of fused-ring (bicyclic) bond motifs is 1. The molecule has 7 nitrogen and oxygen atoms in total. The Kier molecular flexibility index (Phi) is 6.56. The highest BCUT2D eigenvalue weighted by Crippen LogP contribution is 2.46. The van der Waals surface area contributed by atoms with Gasteiger partial charge < -0.3 is 19.9 Å². The number of pyridine rings is 1. The minimum atomic E-state index is 0.0644. The maximum absolute atomic E-state index is 13.1. The van der Waals surface area contributed by atoms with Gasteiger partial charge in [0.1, 0.15) is 0 Å². The zero-order valence-corrected chi connectivity index (χ0v) is 21.1. The van der Waals surface area contributed by atoms with Crippen LogP contribution in [0.5, 0.6) is 0 Å². The third-order valence-electron chi connectivity index (χ3n) is 7.23. The maximum Gasteiger partial charge on any atom is 0.253 e. The molecule has 0 atom stereocenters. The Morgan fingerprint density at radius 1 is 1.00 bits per heavy atom. The summed E-state index contributed by atoms with van der Waals surface area (Å²) in [6, 6.07) is 11.9. The lowest BCUT2D eigenvalue weighted by molar-refractivity contribution is 0.0735. The van der Waals surface area contributed by atoms with Crippen molar-refractivity contribution in [2.75, 3.05) is 57.4 Å². The highest BCUT2D eigenvalue weighted by molar-refractivity contribution is 7.19. The molecule has 186 valence electrons. The smallest absolute Gasteiger partial charge is 0.253 e. The molecule has 1 amide bonds. The lowest BCUT2D eigenvalue weighted by Gasteiger charge is -2.29. The van der Waals surface area contributed by atoms with E-state index in [4.69, 9.17) is 4.74 Å². The van der Waals surface area contributed by atoms with E-state index in [-0.39, 0.29) is 11.7 Å². The van der Waals surface area contributed by atoms with Gasteiger partial charge in [0, 0.05) is 68.6 Å². The summed E-state index contributed by atoms with van der Waals surface area (Å²) in [6.45, 7) is 6.16. The van der Waals surface area contributed by atoms with E-state index in [1.165, 1.54) is 16.1 Å². The summed E-state index contributed by atoms with van der Waals surface area (Å²) in [5.41, 5.74) is 5.87. The molecule has 1 aromatic carbocycles. The zero-order valence-electron chi connectivity index (χ0n) is 20.3. The molecule has 2 aliphatic heterocycles. The van der Waals surface area contributed by atoms with Gasteiger partial charge in [-0.2, -0.15) is 0 Å². The van der Waals surface area contributed by atoms with Crippen molar-refractivity contribution in [3.63, 3.8) is 0 Å². The summed E-state index contributed by atoms with van der Waals surface area (Å²) in [7, 11) is 0. The van der Waals surface area contributed by atoms with Crippen molar-refractivity contribution in [3.05, 3.63) is 58.6 Å². The minimum absolute atomic E-state index is 0.0644. The molecule has 36 heavy (non-hydrogen) atoms. The molecule has 0 radical (unpaired) electrons. The number of nitrogens with zero attached hydrogens (tertiary/aromatic N) is 3. The molecule has 3 aromatic rings.